The highest BCUT2D eigenvalue weighted by atomic mass is 16.2. The third kappa shape index (κ3) is 6.57. The molecule has 0 aliphatic carbocycles. The summed E-state index contributed by atoms with van der Waals surface area (Å²) in [6.45, 7) is 7.20. The van der Waals surface area contributed by atoms with Gasteiger partial charge in [-0.15, -0.1) is 0 Å². The highest BCUT2D eigenvalue weighted by molar-refractivity contribution is 5.86. The molecule has 0 aliphatic heterocycles. The zero-order valence-electron chi connectivity index (χ0n) is 19.2. The van der Waals surface area contributed by atoms with Crippen molar-refractivity contribution in [3.8, 4) is 11.8 Å². The predicted molar refractivity (Wildman–Crippen MR) is 134 cm³/mol. The quantitative estimate of drug-likeness (QED) is 0.473. The molecule has 3 nitrogen and oxygen atoms in total. The number of benzene rings is 3. The van der Waals surface area contributed by atoms with Crippen molar-refractivity contribution in [1.82, 2.24) is 10.6 Å². The Labute approximate surface area is 191 Å². The summed E-state index contributed by atoms with van der Waals surface area (Å²) < 4.78 is 0. The van der Waals surface area contributed by atoms with E-state index in [4.69, 9.17) is 0 Å². The fraction of sp³-hybridized carbons (Fsp3) is 0.276. The van der Waals surface area contributed by atoms with Crippen LogP contribution in [0.25, 0.3) is 10.8 Å². The Morgan fingerprint density at radius 3 is 2.53 bits per heavy atom. The monoisotopic (exact) mass is 424 g/mol. The van der Waals surface area contributed by atoms with Gasteiger partial charge in [0.15, 0.2) is 0 Å². The molecule has 1 amide bonds. The number of allylic oxidation sites excluding steroid dienone is 1. The fourth-order valence-corrected chi connectivity index (χ4v) is 3.57. The highest BCUT2D eigenvalue weighted by Gasteiger charge is 2.24. The van der Waals surface area contributed by atoms with Gasteiger partial charge < -0.3 is 10.6 Å². The maximum absolute atomic E-state index is 12.5. The molecule has 0 heterocycles. The van der Waals surface area contributed by atoms with Gasteiger partial charge >= 0.3 is 0 Å². The first-order valence-electron chi connectivity index (χ1n) is 11.2. The Bertz CT molecular complexity index is 1110. The molecule has 0 aliphatic rings. The smallest absolute Gasteiger partial charge is 0.237 e. The molecule has 0 unspecified atom stereocenters. The number of carbonyl (C=O) groups is 1. The van der Waals surface area contributed by atoms with Crippen LogP contribution in [-0.2, 0) is 11.2 Å². The largest absolute Gasteiger partial charge is 0.354 e. The van der Waals surface area contributed by atoms with Crippen molar-refractivity contribution in [2.45, 2.75) is 33.2 Å². The van der Waals surface area contributed by atoms with Crippen LogP contribution < -0.4 is 10.6 Å². The van der Waals surface area contributed by atoms with Gasteiger partial charge in [0.05, 0.1) is 0 Å². The van der Waals surface area contributed by atoms with Gasteiger partial charge in [-0.3, -0.25) is 4.79 Å². The summed E-state index contributed by atoms with van der Waals surface area (Å²) in [6.07, 6.45) is 4.64. The molecule has 0 saturated heterocycles. The SMILES string of the molecule is C[C@@H](NC/C=C/C#CC(C)(C)C(=O)NCCc1ccccc1)c1cccc2ccccc12. The molecule has 3 aromatic carbocycles. The number of amides is 1. The number of rotatable bonds is 8. The molecular weight excluding hydrogens is 392 g/mol. The number of fused-ring (bicyclic) bond motifs is 1. The highest BCUT2D eigenvalue weighted by Crippen LogP contribution is 2.23. The molecule has 3 aromatic rings. The van der Waals surface area contributed by atoms with E-state index >= 15 is 0 Å². The average molecular weight is 425 g/mol. The van der Waals surface area contributed by atoms with Crippen LogP contribution in [0.3, 0.4) is 0 Å². The van der Waals surface area contributed by atoms with Crippen LogP contribution in [0, 0.1) is 17.3 Å². The lowest BCUT2D eigenvalue weighted by Crippen LogP contribution is -2.37. The Hall–Kier alpha value is -3.35. The van der Waals surface area contributed by atoms with E-state index < -0.39 is 5.41 Å². The van der Waals surface area contributed by atoms with Gasteiger partial charge in [0.2, 0.25) is 5.91 Å². The lowest BCUT2D eigenvalue weighted by Gasteiger charge is -2.17. The number of nitrogens with one attached hydrogen (secondary N) is 2. The van der Waals surface area contributed by atoms with Crippen molar-refractivity contribution < 1.29 is 4.79 Å². The third-order valence-corrected chi connectivity index (χ3v) is 5.53. The number of hydrogen-bond donors (Lipinski definition) is 2. The van der Waals surface area contributed by atoms with Crippen molar-refractivity contribution in [2.24, 2.45) is 5.41 Å². The van der Waals surface area contributed by atoms with Crippen LogP contribution in [0.15, 0.2) is 84.9 Å². The Balaban J connectivity index is 1.46. The van der Waals surface area contributed by atoms with Gasteiger partial charge in [0.1, 0.15) is 5.41 Å². The zero-order chi connectivity index (χ0) is 22.8. The van der Waals surface area contributed by atoms with Crippen LogP contribution in [0.2, 0.25) is 0 Å². The van der Waals surface area contributed by atoms with E-state index in [-0.39, 0.29) is 11.9 Å². The molecule has 0 spiro atoms. The summed E-state index contributed by atoms with van der Waals surface area (Å²) in [5.41, 5.74) is 1.77. The summed E-state index contributed by atoms with van der Waals surface area (Å²) in [4.78, 5) is 12.5. The van der Waals surface area contributed by atoms with E-state index in [1.165, 1.54) is 21.9 Å². The maximum atomic E-state index is 12.5. The maximum Gasteiger partial charge on any atom is 0.237 e. The van der Waals surface area contributed by atoms with E-state index in [1.54, 1.807) is 0 Å². The first kappa shape index (κ1) is 23.3. The van der Waals surface area contributed by atoms with Gasteiger partial charge in [0.25, 0.3) is 0 Å². The second-order valence-electron chi connectivity index (χ2n) is 8.49. The van der Waals surface area contributed by atoms with Gasteiger partial charge in [-0.1, -0.05) is 90.7 Å². The molecule has 0 aromatic heterocycles. The third-order valence-electron chi connectivity index (χ3n) is 5.53. The van der Waals surface area contributed by atoms with E-state index in [1.807, 2.05) is 44.2 Å². The summed E-state index contributed by atoms with van der Waals surface area (Å²) in [7, 11) is 0. The van der Waals surface area contributed by atoms with Crippen LogP contribution in [0.5, 0.6) is 0 Å². The first-order valence-corrected chi connectivity index (χ1v) is 11.2. The van der Waals surface area contributed by atoms with Crippen LogP contribution in [-0.4, -0.2) is 19.0 Å². The average Bonchev–Trinajstić information content (AvgIpc) is 2.81. The fourth-order valence-electron chi connectivity index (χ4n) is 3.57. The molecule has 0 radical (unpaired) electrons. The van der Waals surface area contributed by atoms with Crippen LogP contribution in [0.4, 0.5) is 0 Å². The van der Waals surface area contributed by atoms with Gasteiger partial charge in [-0.25, -0.2) is 0 Å². The number of hydrogen-bond acceptors (Lipinski definition) is 2. The predicted octanol–water partition coefficient (Wildman–Crippen LogP) is 5.44. The van der Waals surface area contributed by atoms with Gasteiger partial charge in [-0.05, 0) is 55.2 Å². The van der Waals surface area contributed by atoms with E-state index in [0.717, 1.165) is 6.42 Å². The molecule has 0 fully saturated rings. The molecule has 32 heavy (non-hydrogen) atoms. The zero-order valence-corrected chi connectivity index (χ0v) is 19.2. The minimum atomic E-state index is -0.731. The van der Waals surface area contributed by atoms with Crippen LogP contribution >= 0.6 is 0 Å². The minimum Gasteiger partial charge on any atom is -0.354 e. The Morgan fingerprint density at radius 1 is 1.00 bits per heavy atom. The van der Waals surface area contributed by atoms with Gasteiger partial charge in [0, 0.05) is 19.1 Å². The number of carbonyl (C=O) groups excluding carboxylic acids is 1. The first-order chi connectivity index (χ1) is 15.5. The van der Waals surface area contributed by atoms with Crippen molar-refractivity contribution in [2.75, 3.05) is 13.1 Å². The van der Waals surface area contributed by atoms with E-state index in [0.29, 0.717) is 13.1 Å². The van der Waals surface area contributed by atoms with E-state index in [2.05, 4.69) is 84.0 Å². The van der Waals surface area contributed by atoms with E-state index in [9.17, 15) is 4.79 Å². The molecule has 164 valence electrons. The molecule has 3 heteroatoms. The minimum absolute atomic E-state index is 0.0444. The Kier molecular flexibility index (Phi) is 8.25. The second-order valence-corrected chi connectivity index (χ2v) is 8.49. The second kappa shape index (κ2) is 11.3. The van der Waals surface area contributed by atoms with Crippen molar-refractivity contribution >= 4 is 16.7 Å². The van der Waals surface area contributed by atoms with Gasteiger partial charge in [-0.2, -0.15) is 0 Å². The molecule has 0 saturated carbocycles. The molecule has 1 atom stereocenters. The molecule has 2 N–H and O–H groups in total. The summed E-state index contributed by atoms with van der Waals surface area (Å²) in [5, 5.41) is 9.05. The lowest BCUT2D eigenvalue weighted by molar-refractivity contribution is -0.126. The van der Waals surface area contributed by atoms with Crippen molar-refractivity contribution in [3.05, 3.63) is 96.1 Å². The topological polar surface area (TPSA) is 41.1 Å². The lowest BCUT2D eigenvalue weighted by atomic mass is 9.93. The normalized spacial score (nSPS) is 12.3. The standard InChI is InChI=1S/C29H32N2O/c1-23(26-18-12-16-25-15-8-9-17-27(25)26)30-21-11-5-10-20-29(2,3)28(32)31-22-19-24-13-6-4-7-14-24/h4-9,11-18,23,30H,19,21-22H2,1-3H3,(H,31,32)/b11-5+/t23-/m1/s1. The molecule has 0 bridgehead atoms. The summed E-state index contributed by atoms with van der Waals surface area (Å²) >= 11 is 0. The van der Waals surface area contributed by atoms with Crippen molar-refractivity contribution in [3.63, 3.8) is 0 Å². The summed E-state index contributed by atoms with van der Waals surface area (Å²) in [6, 6.07) is 25.2. The van der Waals surface area contributed by atoms with Crippen molar-refractivity contribution in [1.29, 1.82) is 0 Å². The molecule has 3 rings (SSSR count). The molecular formula is C29H32N2O. The Morgan fingerprint density at radius 2 is 1.72 bits per heavy atom. The van der Waals surface area contributed by atoms with Crippen LogP contribution in [0.1, 0.15) is 37.9 Å². The summed E-state index contributed by atoms with van der Waals surface area (Å²) in [5.74, 6) is 6.06.